The van der Waals surface area contributed by atoms with E-state index in [4.69, 9.17) is 4.74 Å². The van der Waals surface area contributed by atoms with Gasteiger partial charge in [-0.3, -0.25) is 14.4 Å². The molecule has 2 saturated heterocycles. The highest BCUT2D eigenvalue weighted by molar-refractivity contribution is 5.99. The Morgan fingerprint density at radius 3 is 2.52 bits per heavy atom. The van der Waals surface area contributed by atoms with E-state index in [0.29, 0.717) is 41.0 Å². The zero-order valence-electron chi connectivity index (χ0n) is 24.0. The lowest BCUT2D eigenvalue weighted by molar-refractivity contribution is -0.135. The van der Waals surface area contributed by atoms with Crippen molar-refractivity contribution in [1.82, 2.24) is 20.4 Å². The number of fused-ring (bicyclic) bond motifs is 1. The molecule has 2 aliphatic heterocycles. The lowest BCUT2D eigenvalue weighted by atomic mass is 9.82. The number of nitrogens with zero attached hydrogens (tertiary/aromatic N) is 3. The number of nitrogens with one attached hydrogen (secondary N) is 2. The second-order valence-corrected chi connectivity index (χ2v) is 11.7. The number of hydrogen-bond donors (Lipinski definition) is 2. The summed E-state index contributed by atoms with van der Waals surface area (Å²) in [4.78, 5) is 41.0. The number of aromatic amines is 1. The molecule has 0 bridgehead atoms. The van der Waals surface area contributed by atoms with E-state index in [1.54, 1.807) is 51.7 Å². The van der Waals surface area contributed by atoms with Crippen molar-refractivity contribution in [3.05, 3.63) is 86.3 Å². The smallest absolute Gasteiger partial charge is 0.307 e. The Morgan fingerprint density at radius 1 is 1.12 bits per heavy atom. The molecule has 42 heavy (non-hydrogen) atoms. The number of benzene rings is 2. The number of ether oxygens (including phenoxy) is 1. The second kappa shape index (κ2) is 10.4. The van der Waals surface area contributed by atoms with Crippen LogP contribution in [-0.2, 0) is 10.3 Å². The van der Waals surface area contributed by atoms with Crippen molar-refractivity contribution in [2.24, 2.45) is 5.41 Å². The number of hydrogen-bond acceptors (Lipinski definition) is 6. The van der Waals surface area contributed by atoms with Crippen LogP contribution in [0.15, 0.2) is 41.2 Å². The molecule has 3 atom stereocenters. The lowest BCUT2D eigenvalue weighted by Gasteiger charge is -2.40. The van der Waals surface area contributed by atoms with Gasteiger partial charge < -0.3 is 15.0 Å². The molecule has 0 unspecified atom stereocenters. The highest BCUT2D eigenvalue weighted by Gasteiger charge is 2.61. The number of rotatable bonds is 6. The van der Waals surface area contributed by atoms with E-state index in [1.807, 2.05) is 0 Å². The number of carbonyl (C=O) groups excluding carboxylic acids is 2. The summed E-state index contributed by atoms with van der Waals surface area (Å²) in [6.07, 6.45) is 1.09. The van der Waals surface area contributed by atoms with Gasteiger partial charge >= 0.3 is 5.56 Å². The van der Waals surface area contributed by atoms with Crippen molar-refractivity contribution in [2.45, 2.75) is 71.5 Å². The molecule has 2 N–H and O–H groups in total. The van der Waals surface area contributed by atoms with Gasteiger partial charge in [0.1, 0.15) is 11.8 Å². The van der Waals surface area contributed by atoms with E-state index in [2.05, 4.69) is 21.6 Å². The first kappa shape index (κ1) is 28.9. The van der Waals surface area contributed by atoms with E-state index in [1.165, 1.54) is 12.1 Å². The fourth-order valence-corrected chi connectivity index (χ4v) is 6.30. The van der Waals surface area contributed by atoms with Crippen molar-refractivity contribution in [1.29, 1.82) is 5.26 Å². The largest absolute Gasteiger partial charge is 0.451 e. The van der Waals surface area contributed by atoms with Crippen molar-refractivity contribution in [3.63, 3.8) is 0 Å². The number of amides is 2. The second-order valence-electron chi connectivity index (χ2n) is 11.7. The van der Waals surface area contributed by atoms with Crippen molar-refractivity contribution >= 4 is 11.8 Å². The Kier molecular flexibility index (Phi) is 7.13. The van der Waals surface area contributed by atoms with Crippen LogP contribution in [0, 0.1) is 49.2 Å². The van der Waals surface area contributed by atoms with E-state index in [9.17, 15) is 28.4 Å². The summed E-state index contributed by atoms with van der Waals surface area (Å²) in [6, 6.07) is 9.28. The van der Waals surface area contributed by atoms with Crippen molar-refractivity contribution in [2.75, 3.05) is 0 Å². The third kappa shape index (κ3) is 4.81. The maximum Gasteiger partial charge on any atom is 0.307 e. The number of nitriles is 1. The van der Waals surface area contributed by atoms with Gasteiger partial charge in [0.25, 0.3) is 5.91 Å². The molecular weight excluding hydrogens is 544 g/mol. The topological polar surface area (TPSA) is 128 Å². The van der Waals surface area contributed by atoms with Crippen LogP contribution in [0.25, 0.3) is 0 Å². The van der Waals surface area contributed by atoms with Crippen LogP contribution in [0.1, 0.15) is 65.9 Å². The molecule has 9 nitrogen and oxygen atoms in total. The maximum absolute atomic E-state index is 14.5. The summed E-state index contributed by atoms with van der Waals surface area (Å²) in [5.74, 6) is -2.44. The van der Waals surface area contributed by atoms with E-state index in [-0.39, 0.29) is 23.6 Å². The van der Waals surface area contributed by atoms with Gasteiger partial charge in [-0.15, -0.1) is 0 Å². The average molecular weight is 576 g/mol. The summed E-state index contributed by atoms with van der Waals surface area (Å²) >= 11 is 0. The van der Waals surface area contributed by atoms with Gasteiger partial charge in [-0.2, -0.15) is 10.4 Å². The summed E-state index contributed by atoms with van der Waals surface area (Å²) < 4.78 is 34.3. The Balaban J connectivity index is 1.44. The van der Waals surface area contributed by atoms with Gasteiger partial charge in [-0.25, -0.2) is 13.9 Å². The highest BCUT2D eigenvalue weighted by Crippen LogP contribution is 2.54. The maximum atomic E-state index is 14.5. The molecule has 218 valence electrons. The standard InChI is InChI=1S/C31H31F2N5O4/c1-16-11-21(32)22(33)13-20(16)31-9-8-26(30(4,5)15-34)38(31)29(41)23(14-31)35-27(39)19-6-7-24(17(2)10-19)42-25-12-18(3)36-37-28(25)40/h6-7,10-13,23,26H,8-9,14H2,1-5H3,(H,35,39)(H,37,40)/t23-,26+,31+/m0/s1. The molecule has 3 heterocycles. The van der Waals surface area contributed by atoms with Crippen molar-refractivity contribution in [3.8, 4) is 17.6 Å². The van der Waals surface area contributed by atoms with Crippen LogP contribution in [0.3, 0.4) is 0 Å². The van der Waals surface area contributed by atoms with Crippen LogP contribution in [0.5, 0.6) is 11.5 Å². The number of carbonyl (C=O) groups is 2. The molecule has 0 aliphatic carbocycles. The van der Waals surface area contributed by atoms with Gasteiger partial charge in [0.15, 0.2) is 17.4 Å². The summed E-state index contributed by atoms with van der Waals surface area (Å²) in [5, 5.41) is 18.9. The molecule has 0 radical (unpaired) electrons. The minimum Gasteiger partial charge on any atom is -0.451 e. The average Bonchev–Trinajstić information content (AvgIpc) is 3.45. The quantitative estimate of drug-likeness (QED) is 0.438. The molecule has 2 aliphatic rings. The van der Waals surface area contributed by atoms with Crippen LogP contribution >= 0.6 is 0 Å². The molecule has 5 rings (SSSR count). The molecule has 3 aromatic rings. The number of H-pyrrole nitrogens is 1. The summed E-state index contributed by atoms with van der Waals surface area (Å²) in [6.45, 7) is 8.59. The van der Waals surface area contributed by atoms with Crippen LogP contribution in [0.2, 0.25) is 0 Å². The predicted molar refractivity (Wildman–Crippen MR) is 149 cm³/mol. The van der Waals surface area contributed by atoms with E-state index >= 15 is 0 Å². The molecule has 1 aromatic heterocycles. The van der Waals surface area contributed by atoms with Gasteiger partial charge in [0.2, 0.25) is 5.91 Å². The minimum absolute atomic E-state index is 0.0626. The predicted octanol–water partition coefficient (Wildman–Crippen LogP) is 4.70. The van der Waals surface area contributed by atoms with Crippen LogP contribution in [0.4, 0.5) is 8.78 Å². The van der Waals surface area contributed by atoms with Gasteiger partial charge in [0.05, 0.1) is 28.8 Å². The highest BCUT2D eigenvalue weighted by atomic mass is 19.2. The lowest BCUT2D eigenvalue weighted by Crippen LogP contribution is -2.50. The van der Waals surface area contributed by atoms with Crippen molar-refractivity contribution < 1.29 is 23.1 Å². The zero-order chi connectivity index (χ0) is 30.6. The molecule has 2 fully saturated rings. The number of aryl methyl sites for hydroxylation is 3. The molecule has 0 saturated carbocycles. The monoisotopic (exact) mass is 575 g/mol. The zero-order valence-corrected chi connectivity index (χ0v) is 24.0. The fourth-order valence-electron chi connectivity index (χ4n) is 6.30. The summed E-state index contributed by atoms with van der Waals surface area (Å²) in [5.41, 5.74) is -0.0291. The van der Waals surface area contributed by atoms with Crippen LogP contribution < -0.4 is 15.6 Å². The first-order valence-electron chi connectivity index (χ1n) is 13.6. The third-order valence-electron chi connectivity index (χ3n) is 8.43. The first-order chi connectivity index (χ1) is 19.8. The Bertz CT molecular complexity index is 1710. The number of halogens is 2. The molecule has 0 spiro atoms. The van der Waals surface area contributed by atoms with E-state index < -0.39 is 46.1 Å². The molecule has 11 heteroatoms. The fraction of sp³-hybridized carbons (Fsp3) is 0.387. The number of aromatic nitrogens is 2. The third-order valence-corrected chi connectivity index (χ3v) is 8.43. The van der Waals surface area contributed by atoms with Gasteiger partial charge in [0, 0.05) is 18.1 Å². The van der Waals surface area contributed by atoms with Gasteiger partial charge in [-0.05, 0) is 94.5 Å². The first-order valence-corrected chi connectivity index (χ1v) is 13.6. The summed E-state index contributed by atoms with van der Waals surface area (Å²) in [7, 11) is 0. The normalized spacial score (nSPS) is 21.7. The minimum atomic E-state index is -1.02. The Hall–Kier alpha value is -4.59. The van der Waals surface area contributed by atoms with Gasteiger partial charge in [-0.1, -0.05) is 0 Å². The molecular formula is C31H31F2N5O4. The Morgan fingerprint density at radius 2 is 1.83 bits per heavy atom. The Labute approximate surface area is 241 Å². The molecule has 2 aromatic carbocycles. The molecule has 2 amide bonds. The van der Waals surface area contributed by atoms with E-state index in [0.717, 1.165) is 12.1 Å². The SMILES string of the molecule is Cc1cc(Oc2ccc(C(=O)N[C@H]3C[C@@]4(c5cc(F)c(F)cc5C)CC[C@H](C(C)(C)C#N)N4C3=O)cc2C)c(=O)[nH]n1. The van der Waals surface area contributed by atoms with Crippen LogP contribution in [-0.4, -0.2) is 39.0 Å².